The van der Waals surface area contributed by atoms with Crippen molar-refractivity contribution in [2.45, 2.75) is 26.7 Å². The summed E-state index contributed by atoms with van der Waals surface area (Å²) in [6, 6.07) is 5.63. The van der Waals surface area contributed by atoms with Crippen LogP contribution in [0.1, 0.15) is 35.7 Å². The van der Waals surface area contributed by atoms with Gasteiger partial charge in [-0.1, -0.05) is 19.1 Å². The smallest absolute Gasteiger partial charge is 0.303 e. The number of carboxylic acids is 1. The maximum Gasteiger partial charge on any atom is 0.303 e. The summed E-state index contributed by atoms with van der Waals surface area (Å²) < 4.78 is 0.954. The number of amides is 1. The average Bonchev–Trinajstić information content (AvgIpc) is 2.36. The molecule has 1 rings (SSSR count). The van der Waals surface area contributed by atoms with Crippen LogP contribution >= 0.6 is 22.6 Å². The molecule has 104 valence electrons. The van der Waals surface area contributed by atoms with Crippen LogP contribution in [-0.2, 0) is 4.79 Å². The Labute approximate surface area is 126 Å². The molecule has 1 unspecified atom stereocenters. The molecule has 1 amide bonds. The number of halogens is 1. The van der Waals surface area contributed by atoms with Crippen molar-refractivity contribution in [2.75, 3.05) is 6.54 Å². The van der Waals surface area contributed by atoms with Gasteiger partial charge in [0.05, 0.1) is 5.56 Å². The molecular weight excluding hydrogens is 357 g/mol. The maximum absolute atomic E-state index is 12.0. The van der Waals surface area contributed by atoms with Gasteiger partial charge in [-0.2, -0.15) is 0 Å². The summed E-state index contributed by atoms with van der Waals surface area (Å²) in [6.07, 6.45) is 0.708. The second kappa shape index (κ2) is 7.47. The lowest BCUT2D eigenvalue weighted by Crippen LogP contribution is -2.29. The normalized spacial score (nSPS) is 11.9. The predicted molar refractivity (Wildman–Crippen MR) is 82.3 cm³/mol. The van der Waals surface area contributed by atoms with Crippen molar-refractivity contribution >= 4 is 34.5 Å². The summed E-state index contributed by atoms with van der Waals surface area (Å²) in [5, 5.41) is 11.5. The first-order valence-electron chi connectivity index (χ1n) is 6.17. The van der Waals surface area contributed by atoms with Gasteiger partial charge >= 0.3 is 5.97 Å². The zero-order valence-corrected chi connectivity index (χ0v) is 13.2. The summed E-state index contributed by atoms with van der Waals surface area (Å²) in [5.41, 5.74) is 1.75. The molecule has 0 spiro atoms. The van der Waals surface area contributed by atoms with Crippen molar-refractivity contribution in [1.29, 1.82) is 0 Å². The van der Waals surface area contributed by atoms with Crippen LogP contribution in [0.15, 0.2) is 18.2 Å². The fourth-order valence-electron chi connectivity index (χ4n) is 1.66. The van der Waals surface area contributed by atoms with Crippen molar-refractivity contribution in [1.82, 2.24) is 5.32 Å². The Morgan fingerprint density at radius 2 is 2.11 bits per heavy atom. The number of carboxylic acid groups (broad SMARTS) is 1. The Hall–Kier alpha value is -1.11. The van der Waals surface area contributed by atoms with Crippen LogP contribution in [0.5, 0.6) is 0 Å². The SMILES string of the molecule is Cc1cccc(C(=O)NCC(C)CCC(=O)O)c1I. The van der Waals surface area contributed by atoms with E-state index in [4.69, 9.17) is 5.11 Å². The van der Waals surface area contributed by atoms with E-state index in [0.29, 0.717) is 18.5 Å². The minimum Gasteiger partial charge on any atom is -0.481 e. The minimum absolute atomic E-state index is 0.102. The van der Waals surface area contributed by atoms with E-state index in [-0.39, 0.29) is 18.2 Å². The zero-order chi connectivity index (χ0) is 14.4. The average molecular weight is 375 g/mol. The number of aliphatic carboxylic acids is 1. The lowest BCUT2D eigenvalue weighted by Gasteiger charge is -2.12. The van der Waals surface area contributed by atoms with Crippen LogP contribution in [0, 0.1) is 16.4 Å². The first kappa shape index (κ1) is 15.9. The molecule has 1 aromatic rings. The highest BCUT2D eigenvalue weighted by atomic mass is 127. The summed E-state index contributed by atoms with van der Waals surface area (Å²) in [5.74, 6) is -0.746. The van der Waals surface area contributed by atoms with Crippen molar-refractivity contribution < 1.29 is 14.7 Å². The molecule has 0 aromatic heterocycles. The van der Waals surface area contributed by atoms with E-state index in [1.54, 1.807) is 6.07 Å². The van der Waals surface area contributed by atoms with E-state index >= 15 is 0 Å². The van der Waals surface area contributed by atoms with Crippen LogP contribution in [0.2, 0.25) is 0 Å². The third-order valence-electron chi connectivity index (χ3n) is 2.90. The lowest BCUT2D eigenvalue weighted by molar-refractivity contribution is -0.137. The number of rotatable bonds is 6. The monoisotopic (exact) mass is 375 g/mol. The molecule has 4 nitrogen and oxygen atoms in total. The second-order valence-electron chi connectivity index (χ2n) is 4.68. The molecule has 0 aliphatic rings. The number of benzene rings is 1. The number of nitrogens with one attached hydrogen (secondary N) is 1. The zero-order valence-electron chi connectivity index (χ0n) is 11.1. The Bertz CT molecular complexity index is 474. The van der Waals surface area contributed by atoms with E-state index in [0.717, 1.165) is 9.13 Å². The molecule has 19 heavy (non-hydrogen) atoms. The molecule has 0 aliphatic carbocycles. The van der Waals surface area contributed by atoms with E-state index in [2.05, 4.69) is 27.9 Å². The Morgan fingerprint density at radius 3 is 2.74 bits per heavy atom. The molecule has 1 aromatic carbocycles. The lowest BCUT2D eigenvalue weighted by atomic mass is 10.1. The van der Waals surface area contributed by atoms with Gasteiger partial charge < -0.3 is 10.4 Å². The molecule has 0 bridgehead atoms. The number of hydrogen-bond donors (Lipinski definition) is 2. The molecule has 0 saturated carbocycles. The van der Waals surface area contributed by atoms with Gasteiger partial charge in [-0.15, -0.1) is 0 Å². The largest absolute Gasteiger partial charge is 0.481 e. The quantitative estimate of drug-likeness (QED) is 0.752. The Kier molecular flexibility index (Phi) is 6.27. The fourth-order valence-corrected chi connectivity index (χ4v) is 2.26. The molecule has 0 fully saturated rings. The number of carbonyl (C=O) groups is 2. The van der Waals surface area contributed by atoms with Gasteiger partial charge in [-0.25, -0.2) is 0 Å². The van der Waals surface area contributed by atoms with Gasteiger partial charge in [-0.05, 0) is 53.5 Å². The fraction of sp³-hybridized carbons (Fsp3) is 0.429. The number of aryl methyl sites for hydroxylation is 1. The standard InChI is InChI=1S/C14H18INO3/c1-9(6-7-12(17)18)8-16-14(19)11-5-3-4-10(2)13(11)15/h3-5,9H,6-8H2,1-2H3,(H,16,19)(H,17,18). The highest BCUT2D eigenvalue weighted by molar-refractivity contribution is 14.1. The number of carbonyl (C=O) groups excluding carboxylic acids is 1. The van der Waals surface area contributed by atoms with E-state index < -0.39 is 5.97 Å². The summed E-state index contributed by atoms with van der Waals surface area (Å²) >= 11 is 2.16. The Balaban J connectivity index is 2.51. The van der Waals surface area contributed by atoms with Crippen LogP contribution < -0.4 is 5.32 Å². The highest BCUT2D eigenvalue weighted by Crippen LogP contribution is 2.16. The molecule has 0 heterocycles. The summed E-state index contributed by atoms with van der Waals surface area (Å²) in [6.45, 7) is 4.40. The molecule has 0 saturated heterocycles. The van der Waals surface area contributed by atoms with Crippen LogP contribution in [0.3, 0.4) is 0 Å². The third-order valence-corrected chi connectivity index (χ3v) is 4.33. The topological polar surface area (TPSA) is 66.4 Å². The van der Waals surface area contributed by atoms with E-state index in [1.807, 2.05) is 26.0 Å². The molecule has 0 aliphatic heterocycles. The van der Waals surface area contributed by atoms with E-state index in [9.17, 15) is 9.59 Å². The van der Waals surface area contributed by atoms with Crippen LogP contribution in [0.4, 0.5) is 0 Å². The van der Waals surface area contributed by atoms with Gasteiger partial charge in [0, 0.05) is 16.5 Å². The van der Waals surface area contributed by atoms with Crippen molar-refractivity contribution in [2.24, 2.45) is 5.92 Å². The van der Waals surface area contributed by atoms with Gasteiger partial charge in [0.2, 0.25) is 0 Å². The van der Waals surface area contributed by atoms with Crippen molar-refractivity contribution in [3.63, 3.8) is 0 Å². The molecule has 1 atom stereocenters. The second-order valence-corrected chi connectivity index (χ2v) is 5.76. The van der Waals surface area contributed by atoms with Gasteiger partial charge in [0.15, 0.2) is 0 Å². The highest BCUT2D eigenvalue weighted by Gasteiger charge is 2.12. The summed E-state index contributed by atoms with van der Waals surface area (Å²) in [7, 11) is 0. The molecule has 0 radical (unpaired) electrons. The van der Waals surface area contributed by atoms with E-state index in [1.165, 1.54) is 0 Å². The van der Waals surface area contributed by atoms with Gasteiger partial charge in [-0.3, -0.25) is 9.59 Å². The first-order chi connectivity index (χ1) is 8.91. The van der Waals surface area contributed by atoms with Gasteiger partial charge in [0.1, 0.15) is 0 Å². The first-order valence-corrected chi connectivity index (χ1v) is 7.24. The van der Waals surface area contributed by atoms with Crippen molar-refractivity contribution in [3.05, 3.63) is 32.9 Å². The molecule has 2 N–H and O–H groups in total. The van der Waals surface area contributed by atoms with Gasteiger partial charge in [0.25, 0.3) is 5.91 Å². The summed E-state index contributed by atoms with van der Waals surface area (Å²) in [4.78, 5) is 22.5. The van der Waals surface area contributed by atoms with Crippen molar-refractivity contribution in [3.8, 4) is 0 Å². The predicted octanol–water partition coefficient (Wildman–Crippen LogP) is 2.83. The Morgan fingerprint density at radius 1 is 1.42 bits per heavy atom. The molecular formula is C14H18INO3. The van der Waals surface area contributed by atoms with Crippen LogP contribution in [0.25, 0.3) is 0 Å². The molecule has 5 heteroatoms. The third kappa shape index (κ3) is 5.18. The van der Waals surface area contributed by atoms with Crippen LogP contribution in [-0.4, -0.2) is 23.5 Å². The minimum atomic E-state index is -0.800. The maximum atomic E-state index is 12.0. The number of hydrogen-bond acceptors (Lipinski definition) is 2.